The van der Waals surface area contributed by atoms with Gasteiger partial charge in [-0.25, -0.2) is 4.68 Å². The average molecular weight is 335 g/mol. The van der Waals surface area contributed by atoms with Gasteiger partial charge in [-0.05, 0) is 32.9 Å². The summed E-state index contributed by atoms with van der Waals surface area (Å²) in [6.07, 6.45) is 3.07. The molecular formula is C16H19ClN4O2. The fraction of sp³-hybridized carbons (Fsp3) is 0.312. The Hall–Kier alpha value is -2.34. The largest absolute Gasteiger partial charge is 0.496 e. The summed E-state index contributed by atoms with van der Waals surface area (Å²) in [6, 6.07) is 7.45. The fourth-order valence-electron chi connectivity index (χ4n) is 1.93. The summed E-state index contributed by atoms with van der Waals surface area (Å²) in [6.45, 7) is 5.64. The molecule has 0 atom stereocenters. The maximum absolute atomic E-state index is 12.2. The van der Waals surface area contributed by atoms with Gasteiger partial charge in [0, 0.05) is 5.56 Å². The molecule has 0 saturated heterocycles. The van der Waals surface area contributed by atoms with Gasteiger partial charge < -0.3 is 4.74 Å². The predicted octanol–water partition coefficient (Wildman–Crippen LogP) is 3.11. The molecule has 7 heteroatoms. The molecule has 0 bridgehead atoms. The molecule has 2 aromatic rings. The van der Waals surface area contributed by atoms with Crippen LogP contribution in [0.2, 0.25) is 5.02 Å². The smallest absolute Gasteiger partial charge is 0.288 e. The third-order valence-corrected chi connectivity index (χ3v) is 3.45. The van der Waals surface area contributed by atoms with Crippen molar-refractivity contribution in [2.75, 3.05) is 12.5 Å². The van der Waals surface area contributed by atoms with Gasteiger partial charge in [0.15, 0.2) is 0 Å². The second-order valence-corrected chi connectivity index (χ2v) is 6.25. The van der Waals surface area contributed by atoms with Crippen molar-refractivity contribution in [3.8, 4) is 5.75 Å². The molecule has 0 unspecified atom stereocenters. The van der Waals surface area contributed by atoms with Gasteiger partial charge >= 0.3 is 0 Å². The molecule has 0 amide bonds. The summed E-state index contributed by atoms with van der Waals surface area (Å²) in [7, 11) is 1.59. The Morgan fingerprint density at radius 3 is 2.70 bits per heavy atom. The van der Waals surface area contributed by atoms with E-state index in [2.05, 4.69) is 15.6 Å². The van der Waals surface area contributed by atoms with Crippen LogP contribution in [0, 0.1) is 0 Å². The van der Waals surface area contributed by atoms with Crippen molar-refractivity contribution in [1.82, 2.24) is 9.78 Å². The summed E-state index contributed by atoms with van der Waals surface area (Å²) in [5, 5.41) is 8.26. The van der Waals surface area contributed by atoms with Gasteiger partial charge in [0.2, 0.25) is 0 Å². The molecular weight excluding hydrogens is 316 g/mol. The zero-order valence-electron chi connectivity index (χ0n) is 13.5. The van der Waals surface area contributed by atoms with Crippen LogP contribution in [-0.2, 0) is 5.54 Å². The van der Waals surface area contributed by atoms with Crippen LogP contribution in [0.3, 0.4) is 0 Å². The minimum absolute atomic E-state index is 0.0482. The van der Waals surface area contributed by atoms with E-state index in [9.17, 15) is 4.79 Å². The number of hydrogen-bond acceptors (Lipinski definition) is 5. The Morgan fingerprint density at radius 1 is 1.35 bits per heavy atom. The number of methoxy groups -OCH3 is 1. The minimum atomic E-state index is -0.445. The molecule has 1 N–H and O–H groups in total. The monoisotopic (exact) mass is 334 g/mol. The van der Waals surface area contributed by atoms with Crippen LogP contribution in [0.25, 0.3) is 0 Å². The Bertz CT molecular complexity index is 778. The summed E-state index contributed by atoms with van der Waals surface area (Å²) in [4.78, 5) is 12.2. The van der Waals surface area contributed by atoms with E-state index in [-0.39, 0.29) is 10.6 Å². The molecule has 0 radical (unpaired) electrons. The van der Waals surface area contributed by atoms with Gasteiger partial charge in [-0.1, -0.05) is 23.7 Å². The quantitative estimate of drug-likeness (QED) is 0.689. The maximum Gasteiger partial charge on any atom is 0.288 e. The van der Waals surface area contributed by atoms with E-state index < -0.39 is 5.54 Å². The SMILES string of the molecule is COc1ccccc1C=NNc1cnn(C(C)(C)C)c(=O)c1Cl. The molecule has 0 aliphatic rings. The van der Waals surface area contributed by atoms with Crippen LogP contribution in [0.15, 0.2) is 40.4 Å². The molecule has 2 rings (SSSR count). The Labute approximate surface area is 139 Å². The molecule has 23 heavy (non-hydrogen) atoms. The normalized spacial score (nSPS) is 11.7. The van der Waals surface area contributed by atoms with Gasteiger partial charge in [-0.15, -0.1) is 0 Å². The fourth-order valence-corrected chi connectivity index (χ4v) is 2.10. The number of aromatic nitrogens is 2. The van der Waals surface area contributed by atoms with Crippen LogP contribution in [0.1, 0.15) is 26.3 Å². The van der Waals surface area contributed by atoms with E-state index in [1.54, 1.807) is 13.3 Å². The molecule has 1 aromatic carbocycles. The van der Waals surface area contributed by atoms with Crippen LogP contribution in [0.4, 0.5) is 5.69 Å². The van der Waals surface area contributed by atoms with Crippen molar-refractivity contribution in [2.24, 2.45) is 5.10 Å². The number of hydrazone groups is 1. The zero-order valence-corrected chi connectivity index (χ0v) is 14.3. The maximum atomic E-state index is 12.2. The molecule has 1 aromatic heterocycles. The molecule has 6 nitrogen and oxygen atoms in total. The number of ether oxygens (including phenoxy) is 1. The van der Waals surface area contributed by atoms with Crippen molar-refractivity contribution in [2.45, 2.75) is 26.3 Å². The average Bonchev–Trinajstić information content (AvgIpc) is 2.50. The van der Waals surface area contributed by atoms with Gasteiger partial charge in [-0.3, -0.25) is 10.2 Å². The molecule has 1 heterocycles. The Kier molecular flexibility index (Phi) is 5.05. The second kappa shape index (κ2) is 6.83. The molecule has 122 valence electrons. The van der Waals surface area contributed by atoms with Gasteiger partial charge in [0.25, 0.3) is 5.56 Å². The van der Waals surface area contributed by atoms with E-state index in [1.807, 2.05) is 45.0 Å². The first-order chi connectivity index (χ1) is 10.8. The van der Waals surface area contributed by atoms with E-state index in [4.69, 9.17) is 16.3 Å². The van der Waals surface area contributed by atoms with E-state index in [1.165, 1.54) is 10.9 Å². The number of anilines is 1. The molecule has 0 fully saturated rings. The van der Waals surface area contributed by atoms with Gasteiger partial charge in [0.05, 0.1) is 25.1 Å². The molecule has 0 saturated carbocycles. The van der Waals surface area contributed by atoms with Crippen molar-refractivity contribution in [1.29, 1.82) is 0 Å². The van der Waals surface area contributed by atoms with Crippen molar-refractivity contribution in [3.63, 3.8) is 0 Å². The lowest BCUT2D eigenvalue weighted by atomic mass is 10.1. The number of benzene rings is 1. The lowest BCUT2D eigenvalue weighted by Gasteiger charge is -2.20. The first kappa shape index (κ1) is 17.0. The summed E-state index contributed by atoms with van der Waals surface area (Å²) < 4.78 is 6.57. The molecule has 0 aliphatic carbocycles. The summed E-state index contributed by atoms with van der Waals surface area (Å²) in [5.41, 5.74) is 3.08. The predicted molar refractivity (Wildman–Crippen MR) is 92.7 cm³/mol. The highest BCUT2D eigenvalue weighted by atomic mass is 35.5. The number of nitrogens with one attached hydrogen (secondary N) is 1. The first-order valence-corrected chi connectivity index (χ1v) is 7.43. The third kappa shape index (κ3) is 3.90. The van der Waals surface area contributed by atoms with Crippen molar-refractivity contribution < 1.29 is 4.74 Å². The van der Waals surface area contributed by atoms with Gasteiger partial charge in [-0.2, -0.15) is 10.2 Å². The summed E-state index contributed by atoms with van der Waals surface area (Å²) >= 11 is 6.11. The zero-order chi connectivity index (χ0) is 17.0. The van der Waals surface area contributed by atoms with Crippen LogP contribution in [-0.4, -0.2) is 23.1 Å². The first-order valence-electron chi connectivity index (χ1n) is 7.05. The number of hydrogen-bond donors (Lipinski definition) is 1. The van der Waals surface area contributed by atoms with Crippen LogP contribution < -0.4 is 15.7 Å². The number of nitrogens with zero attached hydrogens (tertiary/aromatic N) is 3. The second-order valence-electron chi connectivity index (χ2n) is 5.87. The lowest BCUT2D eigenvalue weighted by Crippen LogP contribution is -2.36. The van der Waals surface area contributed by atoms with Crippen LogP contribution >= 0.6 is 11.6 Å². The highest BCUT2D eigenvalue weighted by Gasteiger charge is 2.19. The lowest BCUT2D eigenvalue weighted by molar-refractivity contribution is 0.338. The Morgan fingerprint density at radius 2 is 2.04 bits per heavy atom. The van der Waals surface area contributed by atoms with E-state index in [0.29, 0.717) is 11.4 Å². The van der Waals surface area contributed by atoms with Crippen molar-refractivity contribution in [3.05, 3.63) is 51.4 Å². The highest BCUT2D eigenvalue weighted by molar-refractivity contribution is 6.32. The van der Waals surface area contributed by atoms with E-state index >= 15 is 0 Å². The number of rotatable bonds is 4. The number of para-hydroxylation sites is 1. The van der Waals surface area contributed by atoms with E-state index in [0.717, 1.165) is 5.56 Å². The number of halogens is 1. The highest BCUT2D eigenvalue weighted by Crippen LogP contribution is 2.19. The van der Waals surface area contributed by atoms with Crippen LogP contribution in [0.5, 0.6) is 5.75 Å². The minimum Gasteiger partial charge on any atom is -0.496 e. The summed E-state index contributed by atoms with van der Waals surface area (Å²) in [5.74, 6) is 0.699. The molecule has 0 aliphatic heterocycles. The topological polar surface area (TPSA) is 68.5 Å². The van der Waals surface area contributed by atoms with Crippen molar-refractivity contribution >= 4 is 23.5 Å². The third-order valence-electron chi connectivity index (χ3n) is 3.08. The standard InChI is InChI=1S/C16H19ClN4O2/c1-16(2,3)21-15(22)14(17)12(10-19-21)20-18-9-11-7-5-6-8-13(11)23-4/h5-10,20H,1-4H3. The Balaban J connectivity index is 2.23. The molecule has 0 spiro atoms. The van der Waals surface area contributed by atoms with Gasteiger partial charge in [0.1, 0.15) is 16.5 Å².